The van der Waals surface area contributed by atoms with E-state index in [9.17, 15) is 18.5 Å². The molecule has 1 amide bonds. The Labute approximate surface area is 189 Å². The summed E-state index contributed by atoms with van der Waals surface area (Å²) < 4.78 is 27.3. The van der Waals surface area contributed by atoms with Gasteiger partial charge in [0.1, 0.15) is 6.07 Å². The second-order valence-corrected chi connectivity index (χ2v) is 10.4. The number of nitriles is 1. The Morgan fingerprint density at radius 3 is 2.44 bits per heavy atom. The zero-order valence-electron chi connectivity index (χ0n) is 18.3. The molecule has 0 bridgehead atoms. The lowest BCUT2D eigenvalue weighted by Crippen LogP contribution is -2.52. The number of sulfonamides is 1. The predicted octanol–water partition coefficient (Wildman–Crippen LogP) is 2.19. The molecular formula is C24H28N4O3S. The third-order valence-corrected chi connectivity index (χ3v) is 8.43. The normalized spacial score (nSPS) is 20.2. The van der Waals surface area contributed by atoms with Crippen LogP contribution in [0.5, 0.6) is 0 Å². The highest BCUT2D eigenvalue weighted by Gasteiger charge is 2.33. The molecule has 0 N–H and O–H groups in total. The lowest BCUT2D eigenvalue weighted by atomic mass is 9.94. The molecule has 0 saturated carbocycles. The molecule has 1 unspecified atom stereocenters. The average Bonchev–Trinajstić information content (AvgIpc) is 3.27. The Hall–Kier alpha value is -2.73. The Morgan fingerprint density at radius 2 is 1.72 bits per heavy atom. The Kier molecular flexibility index (Phi) is 6.60. The Bertz CT molecular complexity index is 1130. The van der Waals surface area contributed by atoms with E-state index < -0.39 is 10.0 Å². The molecule has 0 aromatic heterocycles. The number of rotatable bonds is 5. The van der Waals surface area contributed by atoms with Gasteiger partial charge in [-0.3, -0.25) is 9.69 Å². The van der Waals surface area contributed by atoms with Crippen molar-refractivity contribution in [2.45, 2.75) is 24.2 Å². The lowest BCUT2D eigenvalue weighted by Gasteiger charge is -2.35. The van der Waals surface area contributed by atoms with Crippen molar-refractivity contribution in [1.29, 1.82) is 5.26 Å². The third-order valence-electron chi connectivity index (χ3n) is 6.48. The minimum atomic E-state index is -3.76. The molecule has 2 heterocycles. The Balaban J connectivity index is 1.32. The van der Waals surface area contributed by atoms with Crippen molar-refractivity contribution in [2.24, 2.45) is 0 Å². The van der Waals surface area contributed by atoms with Crippen molar-refractivity contribution in [3.05, 3.63) is 65.2 Å². The molecule has 2 fully saturated rings. The molecule has 1 atom stereocenters. The number of piperazine rings is 1. The van der Waals surface area contributed by atoms with Crippen molar-refractivity contribution in [3.63, 3.8) is 0 Å². The van der Waals surface area contributed by atoms with Crippen LogP contribution in [0.1, 0.15) is 29.0 Å². The predicted molar refractivity (Wildman–Crippen MR) is 121 cm³/mol. The van der Waals surface area contributed by atoms with Crippen LogP contribution in [0.3, 0.4) is 0 Å². The van der Waals surface area contributed by atoms with Crippen molar-refractivity contribution < 1.29 is 13.2 Å². The van der Waals surface area contributed by atoms with Gasteiger partial charge in [0.2, 0.25) is 15.9 Å². The zero-order chi connectivity index (χ0) is 22.7. The maximum atomic E-state index is 13.0. The van der Waals surface area contributed by atoms with Crippen LogP contribution in [0.2, 0.25) is 0 Å². The minimum absolute atomic E-state index is 0.0293. The topological polar surface area (TPSA) is 84.7 Å². The molecule has 2 aliphatic heterocycles. The fraction of sp³-hybridized carbons (Fsp3) is 0.417. The van der Waals surface area contributed by atoms with Gasteiger partial charge in [-0.15, -0.1) is 0 Å². The summed E-state index contributed by atoms with van der Waals surface area (Å²) in [7, 11) is -3.76. The van der Waals surface area contributed by atoms with E-state index >= 15 is 0 Å². The van der Waals surface area contributed by atoms with Gasteiger partial charge in [-0.05, 0) is 49.1 Å². The molecule has 0 aliphatic carbocycles. The van der Waals surface area contributed by atoms with Gasteiger partial charge in [0, 0.05) is 32.7 Å². The largest absolute Gasteiger partial charge is 0.339 e. The van der Waals surface area contributed by atoms with Gasteiger partial charge in [0.05, 0.1) is 17.0 Å². The minimum Gasteiger partial charge on any atom is -0.339 e. The van der Waals surface area contributed by atoms with Gasteiger partial charge in [0.15, 0.2) is 0 Å². The summed E-state index contributed by atoms with van der Waals surface area (Å²) in [6.07, 6.45) is 1.04. The molecule has 8 heteroatoms. The van der Waals surface area contributed by atoms with Crippen molar-refractivity contribution in [1.82, 2.24) is 14.1 Å². The first-order valence-corrected chi connectivity index (χ1v) is 12.4. The summed E-state index contributed by atoms with van der Waals surface area (Å²) in [4.78, 5) is 16.8. The average molecular weight is 453 g/mol. The number of benzene rings is 2. The van der Waals surface area contributed by atoms with Gasteiger partial charge >= 0.3 is 0 Å². The van der Waals surface area contributed by atoms with Gasteiger partial charge in [-0.1, -0.05) is 36.4 Å². The molecule has 7 nitrogen and oxygen atoms in total. The molecule has 2 aliphatic rings. The SMILES string of the molecule is Cc1ccccc1C1CCN(CC(=O)N2CCN(S(=O)(=O)c3ccccc3C#N)CC2)C1. The first kappa shape index (κ1) is 22.5. The molecule has 0 spiro atoms. The second kappa shape index (κ2) is 9.41. The number of nitrogens with zero attached hydrogens (tertiary/aromatic N) is 4. The summed E-state index contributed by atoms with van der Waals surface area (Å²) in [5.41, 5.74) is 2.79. The van der Waals surface area contributed by atoms with Crippen LogP contribution in [0.25, 0.3) is 0 Å². The number of amides is 1. The lowest BCUT2D eigenvalue weighted by molar-refractivity contribution is -0.133. The summed E-state index contributed by atoms with van der Waals surface area (Å²) >= 11 is 0. The van der Waals surface area contributed by atoms with E-state index in [1.54, 1.807) is 17.0 Å². The number of likely N-dealkylation sites (tertiary alicyclic amines) is 1. The summed E-state index contributed by atoms with van der Waals surface area (Å²) in [5, 5.41) is 9.25. The van der Waals surface area contributed by atoms with Crippen LogP contribution in [-0.2, 0) is 14.8 Å². The number of carbonyl (C=O) groups excluding carboxylic acids is 1. The highest BCUT2D eigenvalue weighted by molar-refractivity contribution is 7.89. The zero-order valence-corrected chi connectivity index (χ0v) is 19.1. The fourth-order valence-corrected chi connectivity index (χ4v) is 6.23. The molecule has 2 aromatic rings. The van der Waals surface area contributed by atoms with Crippen LogP contribution < -0.4 is 0 Å². The van der Waals surface area contributed by atoms with E-state index in [1.165, 1.54) is 27.6 Å². The van der Waals surface area contributed by atoms with Crippen LogP contribution >= 0.6 is 0 Å². The molecule has 0 radical (unpaired) electrons. The number of aryl methyl sites for hydroxylation is 1. The fourth-order valence-electron chi connectivity index (χ4n) is 4.67. The standard InChI is InChI=1S/C24H28N4O3S/c1-19-6-2-4-8-22(19)21-10-11-26(17-21)18-24(29)27-12-14-28(15-13-27)32(30,31)23-9-5-3-7-20(23)16-25/h2-9,21H,10-15,17-18H2,1H3. The molecule has 168 valence electrons. The van der Waals surface area contributed by atoms with Crippen LogP contribution in [0.4, 0.5) is 0 Å². The van der Waals surface area contributed by atoms with E-state index in [0.717, 1.165) is 19.5 Å². The van der Waals surface area contributed by atoms with Gasteiger partial charge in [-0.2, -0.15) is 9.57 Å². The highest BCUT2D eigenvalue weighted by Crippen LogP contribution is 2.29. The van der Waals surface area contributed by atoms with Gasteiger partial charge in [0.25, 0.3) is 0 Å². The van der Waals surface area contributed by atoms with Gasteiger partial charge < -0.3 is 4.90 Å². The van der Waals surface area contributed by atoms with Gasteiger partial charge in [-0.25, -0.2) is 8.42 Å². The third kappa shape index (κ3) is 4.56. The van der Waals surface area contributed by atoms with Crippen LogP contribution in [0, 0.1) is 18.3 Å². The van der Waals surface area contributed by atoms with E-state index in [2.05, 4.69) is 30.0 Å². The number of hydrogen-bond donors (Lipinski definition) is 0. The quantitative estimate of drug-likeness (QED) is 0.694. The van der Waals surface area contributed by atoms with Crippen LogP contribution in [-0.4, -0.2) is 74.2 Å². The molecule has 2 aromatic carbocycles. The molecule has 2 saturated heterocycles. The summed E-state index contributed by atoms with van der Waals surface area (Å²) in [6, 6.07) is 16.6. The molecule has 4 rings (SSSR count). The van der Waals surface area contributed by atoms with Crippen molar-refractivity contribution >= 4 is 15.9 Å². The van der Waals surface area contributed by atoms with E-state index in [4.69, 9.17) is 0 Å². The highest BCUT2D eigenvalue weighted by atomic mass is 32.2. The number of hydrogen-bond acceptors (Lipinski definition) is 5. The monoisotopic (exact) mass is 452 g/mol. The maximum Gasteiger partial charge on any atom is 0.244 e. The van der Waals surface area contributed by atoms with Crippen molar-refractivity contribution in [2.75, 3.05) is 45.8 Å². The molecule has 32 heavy (non-hydrogen) atoms. The van der Waals surface area contributed by atoms with E-state index in [0.29, 0.717) is 25.6 Å². The molecular weight excluding hydrogens is 424 g/mol. The van der Waals surface area contributed by atoms with Crippen LogP contribution in [0.15, 0.2) is 53.4 Å². The van der Waals surface area contributed by atoms with Crippen molar-refractivity contribution in [3.8, 4) is 6.07 Å². The number of carbonyl (C=O) groups is 1. The first-order valence-electron chi connectivity index (χ1n) is 10.9. The van der Waals surface area contributed by atoms with E-state index in [-0.39, 0.29) is 29.5 Å². The summed E-state index contributed by atoms with van der Waals surface area (Å²) in [6.45, 7) is 5.46. The maximum absolute atomic E-state index is 13.0. The smallest absolute Gasteiger partial charge is 0.244 e. The summed E-state index contributed by atoms with van der Waals surface area (Å²) in [5.74, 6) is 0.496. The Morgan fingerprint density at radius 1 is 1.03 bits per heavy atom. The first-order chi connectivity index (χ1) is 15.4. The van der Waals surface area contributed by atoms with E-state index in [1.807, 2.05) is 12.1 Å². The second-order valence-electron chi connectivity index (χ2n) is 8.47.